The number of amides is 3. The van der Waals surface area contributed by atoms with Gasteiger partial charge < -0.3 is 25.0 Å². The Kier molecular flexibility index (Phi) is 9.07. The highest BCUT2D eigenvalue weighted by Gasteiger charge is 2.37. The number of ether oxygens (including phenoxy) is 2. The van der Waals surface area contributed by atoms with Gasteiger partial charge in [-0.3, -0.25) is 19.3 Å². The van der Waals surface area contributed by atoms with Crippen LogP contribution >= 0.6 is 0 Å². The molecule has 0 spiro atoms. The van der Waals surface area contributed by atoms with Gasteiger partial charge in [-0.25, -0.2) is 4.39 Å². The van der Waals surface area contributed by atoms with Gasteiger partial charge in [0.05, 0.1) is 12.1 Å². The van der Waals surface area contributed by atoms with Crippen molar-refractivity contribution in [2.75, 3.05) is 39.4 Å². The molecule has 2 aromatic carbocycles. The van der Waals surface area contributed by atoms with Gasteiger partial charge in [-0.2, -0.15) is 0 Å². The standard InChI is InChI=1S/C31H39FN4O5/c1-20(2)25-18-35(17-22-8-10-27-28(16-22)41-14-13-40-27)19-29(37)33-11-3-5-21-7-9-24(32)23(15-21)31(39)36-12-4-6-26(36)30(38)34-25/h7-10,15-16,20,25-26H,3-6,11-14,17-19H2,1-2H3,(H,33,37)(H,34,38)/t25-,26-/m0/s1. The lowest BCUT2D eigenvalue weighted by Crippen LogP contribution is -2.53. The fourth-order valence-corrected chi connectivity index (χ4v) is 5.72. The minimum atomic E-state index is -0.669. The number of hydrogen-bond donors (Lipinski definition) is 2. The van der Waals surface area contributed by atoms with Crippen LogP contribution in [-0.4, -0.2) is 79.0 Å². The minimum absolute atomic E-state index is 0.0124. The maximum atomic E-state index is 14.8. The summed E-state index contributed by atoms with van der Waals surface area (Å²) in [7, 11) is 0. The van der Waals surface area contributed by atoms with E-state index in [-0.39, 0.29) is 35.9 Å². The smallest absolute Gasteiger partial charge is 0.257 e. The lowest BCUT2D eigenvalue weighted by Gasteiger charge is -2.32. The van der Waals surface area contributed by atoms with Crippen molar-refractivity contribution in [3.05, 3.63) is 58.9 Å². The second-order valence-corrected chi connectivity index (χ2v) is 11.4. The molecule has 3 heterocycles. The molecule has 1 fully saturated rings. The molecule has 2 atom stereocenters. The summed E-state index contributed by atoms with van der Waals surface area (Å²) in [5.41, 5.74) is 1.77. The summed E-state index contributed by atoms with van der Waals surface area (Å²) in [6.07, 6.45) is 2.43. The van der Waals surface area contributed by atoms with E-state index in [0.29, 0.717) is 76.6 Å². The van der Waals surface area contributed by atoms with Gasteiger partial charge in [0.1, 0.15) is 25.1 Å². The van der Waals surface area contributed by atoms with Crippen LogP contribution in [0.2, 0.25) is 0 Å². The Balaban J connectivity index is 1.40. The molecule has 5 rings (SSSR count). The molecule has 0 aromatic heterocycles. The van der Waals surface area contributed by atoms with Crippen LogP contribution in [0.25, 0.3) is 0 Å². The Hall–Kier alpha value is -3.66. The van der Waals surface area contributed by atoms with E-state index in [1.54, 1.807) is 12.1 Å². The Bertz CT molecular complexity index is 1290. The number of carbonyl (C=O) groups excluding carboxylic acids is 3. The zero-order chi connectivity index (χ0) is 28.9. The summed E-state index contributed by atoms with van der Waals surface area (Å²) in [5, 5.41) is 6.15. The molecule has 3 amide bonds. The Morgan fingerprint density at radius 2 is 1.83 bits per heavy atom. The SMILES string of the molecule is CC(C)[C@@H]1CN(Cc2ccc3c(c2)OCCO3)CC(=O)NCCCc2ccc(F)c(c2)C(=O)N2CCC[C@H]2C(=O)N1. The van der Waals surface area contributed by atoms with Crippen LogP contribution in [0.15, 0.2) is 36.4 Å². The van der Waals surface area contributed by atoms with Gasteiger partial charge in [0.25, 0.3) is 5.91 Å². The fraction of sp³-hybridized carbons (Fsp3) is 0.516. The lowest BCUT2D eigenvalue weighted by molar-refractivity contribution is -0.126. The van der Waals surface area contributed by atoms with Crippen molar-refractivity contribution in [3.8, 4) is 11.5 Å². The topological polar surface area (TPSA) is 100 Å². The third-order valence-electron chi connectivity index (χ3n) is 8.01. The van der Waals surface area contributed by atoms with Gasteiger partial charge in [-0.1, -0.05) is 26.0 Å². The Morgan fingerprint density at radius 3 is 2.63 bits per heavy atom. The number of aryl methyl sites for hydroxylation is 1. The normalized spacial score (nSPS) is 22.6. The lowest BCUT2D eigenvalue weighted by atomic mass is 10.0. The van der Waals surface area contributed by atoms with E-state index in [1.807, 2.05) is 36.9 Å². The summed E-state index contributed by atoms with van der Waals surface area (Å²) >= 11 is 0. The van der Waals surface area contributed by atoms with Crippen molar-refractivity contribution in [1.29, 1.82) is 0 Å². The molecule has 2 aromatic rings. The molecule has 1 saturated heterocycles. The summed E-state index contributed by atoms with van der Waals surface area (Å²) in [5.74, 6) is 0.0356. The van der Waals surface area contributed by atoms with Crippen LogP contribution in [0, 0.1) is 11.7 Å². The number of halogens is 1. The average molecular weight is 567 g/mol. The molecule has 220 valence electrons. The van der Waals surface area contributed by atoms with Crippen molar-refractivity contribution >= 4 is 17.7 Å². The number of nitrogens with zero attached hydrogens (tertiary/aromatic N) is 2. The van der Waals surface area contributed by atoms with E-state index < -0.39 is 17.8 Å². The first kappa shape index (κ1) is 28.9. The molecule has 0 unspecified atom stereocenters. The predicted octanol–water partition coefficient (Wildman–Crippen LogP) is 2.91. The van der Waals surface area contributed by atoms with Crippen molar-refractivity contribution < 1.29 is 28.2 Å². The quantitative estimate of drug-likeness (QED) is 0.593. The first-order valence-corrected chi connectivity index (χ1v) is 14.6. The molecule has 10 heteroatoms. The monoisotopic (exact) mass is 566 g/mol. The molecule has 9 nitrogen and oxygen atoms in total. The van der Waals surface area contributed by atoms with Crippen LogP contribution < -0.4 is 20.1 Å². The van der Waals surface area contributed by atoms with E-state index in [4.69, 9.17) is 9.47 Å². The average Bonchev–Trinajstić information content (AvgIpc) is 3.45. The van der Waals surface area contributed by atoms with Gasteiger partial charge in [0, 0.05) is 32.2 Å². The first-order valence-electron chi connectivity index (χ1n) is 14.6. The number of benzene rings is 2. The summed E-state index contributed by atoms with van der Waals surface area (Å²) in [6, 6.07) is 9.39. The minimum Gasteiger partial charge on any atom is -0.486 e. The fourth-order valence-electron chi connectivity index (χ4n) is 5.72. The Morgan fingerprint density at radius 1 is 1.02 bits per heavy atom. The highest BCUT2D eigenvalue weighted by Crippen LogP contribution is 2.31. The number of hydrogen-bond acceptors (Lipinski definition) is 6. The van der Waals surface area contributed by atoms with Crippen molar-refractivity contribution in [1.82, 2.24) is 20.4 Å². The molecule has 41 heavy (non-hydrogen) atoms. The molecule has 2 N–H and O–H groups in total. The van der Waals surface area contributed by atoms with Crippen molar-refractivity contribution in [3.63, 3.8) is 0 Å². The van der Waals surface area contributed by atoms with Crippen LogP contribution in [-0.2, 0) is 22.6 Å². The Labute approximate surface area is 240 Å². The molecule has 0 saturated carbocycles. The van der Waals surface area contributed by atoms with Gasteiger partial charge >= 0.3 is 0 Å². The van der Waals surface area contributed by atoms with Crippen molar-refractivity contribution in [2.45, 2.75) is 58.2 Å². The third kappa shape index (κ3) is 6.98. The van der Waals surface area contributed by atoms with E-state index in [2.05, 4.69) is 10.6 Å². The third-order valence-corrected chi connectivity index (χ3v) is 8.01. The van der Waals surface area contributed by atoms with Gasteiger partial charge in [0.2, 0.25) is 11.8 Å². The molecular formula is C31H39FN4O5. The summed E-state index contributed by atoms with van der Waals surface area (Å²) in [6.45, 7) is 6.96. The molecule has 0 aliphatic carbocycles. The molecular weight excluding hydrogens is 527 g/mol. The molecule has 0 radical (unpaired) electrons. The zero-order valence-corrected chi connectivity index (χ0v) is 23.8. The number of nitrogens with one attached hydrogen (secondary N) is 2. The number of rotatable bonds is 3. The van der Waals surface area contributed by atoms with Crippen LogP contribution in [0.1, 0.15) is 54.6 Å². The summed E-state index contributed by atoms with van der Waals surface area (Å²) in [4.78, 5) is 43.6. The van der Waals surface area contributed by atoms with Crippen LogP contribution in [0.4, 0.5) is 4.39 Å². The second kappa shape index (κ2) is 12.9. The number of fused-ring (bicyclic) bond motifs is 4. The molecule has 3 aliphatic rings. The number of carbonyl (C=O) groups is 3. The largest absolute Gasteiger partial charge is 0.486 e. The van der Waals surface area contributed by atoms with E-state index >= 15 is 0 Å². The van der Waals surface area contributed by atoms with Gasteiger partial charge in [0.15, 0.2) is 11.5 Å². The van der Waals surface area contributed by atoms with E-state index in [0.717, 1.165) is 11.1 Å². The van der Waals surface area contributed by atoms with Gasteiger partial charge in [-0.15, -0.1) is 0 Å². The van der Waals surface area contributed by atoms with E-state index in [9.17, 15) is 18.8 Å². The second-order valence-electron chi connectivity index (χ2n) is 11.4. The van der Waals surface area contributed by atoms with Gasteiger partial charge in [-0.05, 0) is 67.0 Å². The highest BCUT2D eigenvalue weighted by atomic mass is 19.1. The molecule has 3 aliphatic heterocycles. The van der Waals surface area contributed by atoms with E-state index in [1.165, 1.54) is 11.0 Å². The van der Waals surface area contributed by atoms with Crippen molar-refractivity contribution in [2.24, 2.45) is 5.92 Å². The maximum Gasteiger partial charge on any atom is 0.257 e. The highest BCUT2D eigenvalue weighted by molar-refractivity contribution is 5.98. The van der Waals surface area contributed by atoms with Crippen LogP contribution in [0.3, 0.4) is 0 Å². The molecule has 2 bridgehead atoms. The van der Waals surface area contributed by atoms with Crippen LogP contribution in [0.5, 0.6) is 11.5 Å². The predicted molar refractivity (Wildman–Crippen MR) is 151 cm³/mol. The zero-order valence-electron chi connectivity index (χ0n) is 23.8. The first-order chi connectivity index (χ1) is 19.8. The summed E-state index contributed by atoms with van der Waals surface area (Å²) < 4.78 is 26.2. The maximum absolute atomic E-state index is 14.8.